The molecule has 0 radical (unpaired) electrons. The highest BCUT2D eigenvalue weighted by Crippen LogP contribution is 2.34. The lowest BCUT2D eigenvalue weighted by atomic mass is 9.78. The van der Waals surface area contributed by atoms with Gasteiger partial charge in [0.25, 0.3) is 0 Å². The van der Waals surface area contributed by atoms with Crippen molar-refractivity contribution >= 4 is 17.4 Å². The maximum Gasteiger partial charge on any atom is 0.182 e. The number of methoxy groups -OCH3 is 1. The molecule has 1 aromatic rings. The van der Waals surface area contributed by atoms with E-state index in [1.807, 2.05) is 6.92 Å². The Morgan fingerprint density at radius 2 is 2.30 bits per heavy atom. The summed E-state index contributed by atoms with van der Waals surface area (Å²) in [7, 11) is 1.62. The number of aromatic nitrogens is 2. The van der Waals surface area contributed by atoms with Crippen molar-refractivity contribution in [2.45, 2.75) is 38.8 Å². The van der Waals surface area contributed by atoms with Crippen LogP contribution in [0.25, 0.3) is 0 Å². The van der Waals surface area contributed by atoms with E-state index in [9.17, 15) is 4.79 Å². The first kappa shape index (κ1) is 15.5. The summed E-state index contributed by atoms with van der Waals surface area (Å²) in [4.78, 5) is 12.4. The van der Waals surface area contributed by atoms with Crippen molar-refractivity contribution in [3.63, 3.8) is 0 Å². The Morgan fingerprint density at radius 1 is 1.55 bits per heavy atom. The summed E-state index contributed by atoms with van der Waals surface area (Å²) >= 11 is 6.07. The maximum atomic E-state index is 12.4. The minimum absolute atomic E-state index is 0.0588. The van der Waals surface area contributed by atoms with Crippen LogP contribution >= 0.6 is 11.6 Å². The largest absolute Gasteiger partial charge is 0.383 e. The van der Waals surface area contributed by atoms with Gasteiger partial charge in [-0.15, -0.1) is 0 Å². The number of halogens is 1. The number of hydrogen-bond acceptors (Lipinski definition) is 4. The van der Waals surface area contributed by atoms with E-state index in [1.54, 1.807) is 11.8 Å². The predicted molar refractivity (Wildman–Crippen MR) is 76.2 cm³/mol. The molecule has 0 bridgehead atoms. The molecule has 0 unspecified atom stereocenters. The zero-order chi connectivity index (χ0) is 14.5. The van der Waals surface area contributed by atoms with Crippen molar-refractivity contribution in [1.29, 1.82) is 0 Å². The van der Waals surface area contributed by atoms with Crippen molar-refractivity contribution in [2.24, 2.45) is 5.92 Å². The van der Waals surface area contributed by atoms with Crippen LogP contribution in [0.15, 0.2) is 6.20 Å². The monoisotopic (exact) mass is 300 g/mol. The lowest BCUT2D eigenvalue weighted by Gasteiger charge is -2.34. The quantitative estimate of drug-likeness (QED) is 0.692. The summed E-state index contributed by atoms with van der Waals surface area (Å²) in [6.45, 7) is 3.78. The van der Waals surface area contributed by atoms with Gasteiger partial charge in [0.05, 0.1) is 30.5 Å². The molecule has 1 fully saturated rings. The number of carbonyl (C=O) groups excluding carboxylic acids is 1. The van der Waals surface area contributed by atoms with Crippen LogP contribution in [-0.2, 0) is 16.0 Å². The van der Waals surface area contributed by atoms with Crippen molar-refractivity contribution in [1.82, 2.24) is 9.78 Å². The zero-order valence-corrected chi connectivity index (χ0v) is 12.7. The van der Waals surface area contributed by atoms with Gasteiger partial charge in [0.1, 0.15) is 5.69 Å². The third kappa shape index (κ3) is 3.59. The molecule has 112 valence electrons. The summed E-state index contributed by atoms with van der Waals surface area (Å²) in [6, 6.07) is 0. The van der Waals surface area contributed by atoms with Crippen molar-refractivity contribution in [2.75, 3.05) is 20.3 Å². The Balaban J connectivity index is 1.91. The molecular formula is C14H21ClN2O3. The first-order valence-electron chi connectivity index (χ1n) is 7.00. The number of nitrogens with zero attached hydrogens (tertiary/aromatic N) is 2. The molecule has 0 N–H and O–H groups in total. The number of Topliss-reactive ketones (excluding diaryl/α,β-unsaturated/α-hetero) is 1. The van der Waals surface area contributed by atoms with Crippen LogP contribution < -0.4 is 0 Å². The van der Waals surface area contributed by atoms with Crippen LogP contribution in [0.2, 0.25) is 5.02 Å². The second-order valence-electron chi connectivity index (χ2n) is 5.10. The van der Waals surface area contributed by atoms with Gasteiger partial charge >= 0.3 is 0 Å². The lowest BCUT2D eigenvalue weighted by Crippen LogP contribution is -2.33. The van der Waals surface area contributed by atoms with E-state index in [0.717, 1.165) is 19.4 Å². The van der Waals surface area contributed by atoms with Gasteiger partial charge in [-0.2, -0.15) is 5.10 Å². The second kappa shape index (κ2) is 7.20. The maximum absolute atomic E-state index is 12.4. The molecule has 0 amide bonds. The molecule has 0 atom stereocenters. The summed E-state index contributed by atoms with van der Waals surface area (Å²) in [5.41, 5.74) is 0.503. The summed E-state index contributed by atoms with van der Waals surface area (Å²) in [6.07, 6.45) is 4.29. The van der Waals surface area contributed by atoms with Crippen LogP contribution in [0.3, 0.4) is 0 Å². The Kier molecular flexibility index (Phi) is 5.57. The van der Waals surface area contributed by atoms with Gasteiger partial charge in [0.2, 0.25) is 0 Å². The Labute approximate surface area is 124 Å². The lowest BCUT2D eigenvalue weighted by molar-refractivity contribution is -0.0246. The van der Waals surface area contributed by atoms with E-state index < -0.39 is 0 Å². The normalized spacial score (nSPS) is 21.8. The molecule has 1 saturated carbocycles. The van der Waals surface area contributed by atoms with Crippen LogP contribution in [0, 0.1) is 5.92 Å². The molecule has 1 aromatic heterocycles. The van der Waals surface area contributed by atoms with Crippen molar-refractivity contribution in [3.8, 4) is 0 Å². The van der Waals surface area contributed by atoms with E-state index in [1.165, 1.54) is 6.20 Å². The molecule has 0 saturated heterocycles. The van der Waals surface area contributed by atoms with Gasteiger partial charge in [-0.1, -0.05) is 11.6 Å². The fraction of sp³-hybridized carbons (Fsp3) is 0.714. The fourth-order valence-corrected chi connectivity index (χ4v) is 2.81. The van der Waals surface area contributed by atoms with Gasteiger partial charge in [0.15, 0.2) is 5.78 Å². The molecule has 1 aliphatic rings. The highest BCUT2D eigenvalue weighted by Gasteiger charge is 2.32. The van der Waals surface area contributed by atoms with E-state index in [0.29, 0.717) is 42.3 Å². The number of ketones is 1. The van der Waals surface area contributed by atoms with Gasteiger partial charge in [-0.05, 0) is 25.7 Å². The first-order valence-corrected chi connectivity index (χ1v) is 7.38. The highest BCUT2D eigenvalue weighted by molar-refractivity contribution is 6.33. The Morgan fingerprint density at radius 3 is 2.95 bits per heavy atom. The third-order valence-corrected chi connectivity index (χ3v) is 3.91. The van der Waals surface area contributed by atoms with Crippen LogP contribution in [0.4, 0.5) is 0 Å². The summed E-state index contributed by atoms with van der Waals surface area (Å²) < 4.78 is 12.2. The fourth-order valence-electron chi connectivity index (χ4n) is 2.56. The second-order valence-corrected chi connectivity index (χ2v) is 5.51. The average Bonchev–Trinajstić information content (AvgIpc) is 2.75. The standard InChI is InChI=1S/C14H21ClN2O3/c1-3-20-11-6-10(7-11)8-13(18)14-12(15)9-16-17(14)4-5-19-2/h9-11H,3-8H2,1-2H3. The first-order chi connectivity index (χ1) is 9.65. The summed E-state index contributed by atoms with van der Waals surface area (Å²) in [5.74, 6) is 0.462. The number of carbonyl (C=O) groups is 1. The van der Waals surface area contributed by atoms with Crippen molar-refractivity contribution in [3.05, 3.63) is 16.9 Å². The molecule has 2 rings (SSSR count). The topological polar surface area (TPSA) is 53.3 Å². The molecule has 1 aliphatic carbocycles. The third-order valence-electron chi connectivity index (χ3n) is 3.64. The highest BCUT2D eigenvalue weighted by atomic mass is 35.5. The molecule has 5 nitrogen and oxygen atoms in total. The molecular weight excluding hydrogens is 280 g/mol. The van der Waals surface area contributed by atoms with Crippen LogP contribution in [-0.4, -0.2) is 42.0 Å². The Hall–Kier alpha value is -0.910. The zero-order valence-electron chi connectivity index (χ0n) is 12.0. The van der Waals surface area contributed by atoms with Gasteiger partial charge in [0, 0.05) is 20.1 Å². The molecule has 1 heterocycles. The minimum Gasteiger partial charge on any atom is -0.383 e. The smallest absolute Gasteiger partial charge is 0.182 e. The van der Waals surface area contributed by atoms with Gasteiger partial charge in [-0.25, -0.2) is 0 Å². The van der Waals surface area contributed by atoms with Gasteiger partial charge in [-0.3, -0.25) is 9.48 Å². The van der Waals surface area contributed by atoms with Gasteiger partial charge < -0.3 is 9.47 Å². The van der Waals surface area contributed by atoms with E-state index in [4.69, 9.17) is 21.1 Å². The average molecular weight is 301 g/mol. The molecule has 0 aromatic carbocycles. The van der Waals surface area contributed by atoms with Crippen LogP contribution in [0.5, 0.6) is 0 Å². The molecule has 0 spiro atoms. The Bertz CT molecular complexity index is 455. The predicted octanol–water partition coefficient (Wildman–Crippen LogP) is 2.57. The number of hydrogen-bond donors (Lipinski definition) is 0. The molecule has 6 heteroatoms. The molecule has 0 aliphatic heterocycles. The van der Waals surface area contributed by atoms with Crippen LogP contribution in [0.1, 0.15) is 36.7 Å². The minimum atomic E-state index is 0.0588. The summed E-state index contributed by atoms with van der Waals surface area (Å²) in [5, 5.41) is 4.55. The number of ether oxygens (including phenoxy) is 2. The van der Waals surface area contributed by atoms with E-state index in [-0.39, 0.29) is 5.78 Å². The van der Waals surface area contributed by atoms with E-state index in [2.05, 4.69) is 5.10 Å². The SMILES string of the molecule is CCOC1CC(CC(=O)c2c(Cl)cnn2CCOC)C1. The van der Waals surface area contributed by atoms with E-state index >= 15 is 0 Å². The molecule has 20 heavy (non-hydrogen) atoms. The number of rotatable bonds is 8. The van der Waals surface area contributed by atoms with Crippen molar-refractivity contribution < 1.29 is 14.3 Å².